The van der Waals surface area contributed by atoms with Gasteiger partial charge in [0.15, 0.2) is 0 Å². The predicted molar refractivity (Wildman–Crippen MR) is 82.5 cm³/mol. The molecule has 2 heteroatoms. The van der Waals surface area contributed by atoms with E-state index in [1.165, 1.54) is 63.8 Å². The second-order valence-electron chi connectivity index (χ2n) is 5.79. The average molecular weight is 260 g/mol. The van der Waals surface area contributed by atoms with Crippen LogP contribution >= 0.6 is 0 Å². The van der Waals surface area contributed by atoms with Gasteiger partial charge in [-0.1, -0.05) is 30.3 Å². The largest absolute Gasteiger partial charge is 0.319 e. The Bertz CT molecular complexity index is 328. The molecule has 0 radical (unpaired) electrons. The molecule has 1 fully saturated rings. The van der Waals surface area contributed by atoms with Crippen molar-refractivity contribution in [3.8, 4) is 0 Å². The van der Waals surface area contributed by atoms with E-state index in [4.69, 9.17) is 0 Å². The van der Waals surface area contributed by atoms with E-state index >= 15 is 0 Å². The van der Waals surface area contributed by atoms with Crippen LogP contribution in [0.3, 0.4) is 0 Å². The number of aryl methyl sites for hydroxylation is 1. The van der Waals surface area contributed by atoms with E-state index in [-0.39, 0.29) is 0 Å². The highest BCUT2D eigenvalue weighted by Crippen LogP contribution is 2.16. The summed E-state index contributed by atoms with van der Waals surface area (Å²) < 4.78 is 0. The number of nitrogens with one attached hydrogen (secondary N) is 1. The molecule has 1 aromatic rings. The Morgan fingerprint density at radius 2 is 1.84 bits per heavy atom. The zero-order chi connectivity index (χ0) is 13.3. The molecule has 1 aliphatic rings. The third-order valence-corrected chi connectivity index (χ3v) is 4.23. The van der Waals surface area contributed by atoms with Crippen molar-refractivity contribution < 1.29 is 0 Å². The van der Waals surface area contributed by atoms with Crippen LogP contribution in [-0.2, 0) is 6.42 Å². The highest BCUT2D eigenvalue weighted by Gasteiger charge is 2.17. The topological polar surface area (TPSA) is 15.3 Å². The van der Waals surface area contributed by atoms with Gasteiger partial charge in [0.05, 0.1) is 0 Å². The fourth-order valence-corrected chi connectivity index (χ4v) is 3.01. The van der Waals surface area contributed by atoms with Gasteiger partial charge < -0.3 is 10.2 Å². The SMILES string of the molecule is CNCC1CCN(CCCCc2ccccc2)CC1. The van der Waals surface area contributed by atoms with Crippen LogP contribution < -0.4 is 5.32 Å². The molecule has 19 heavy (non-hydrogen) atoms. The van der Waals surface area contributed by atoms with Crippen molar-refractivity contribution in [1.82, 2.24) is 10.2 Å². The first kappa shape index (κ1) is 14.5. The number of nitrogens with zero attached hydrogens (tertiary/aromatic N) is 1. The van der Waals surface area contributed by atoms with Crippen molar-refractivity contribution in [1.29, 1.82) is 0 Å². The second kappa shape index (κ2) is 8.34. The molecule has 106 valence electrons. The first-order valence-electron chi connectivity index (χ1n) is 7.79. The first-order chi connectivity index (χ1) is 9.38. The Labute approximate surface area is 118 Å². The Balaban J connectivity index is 1.55. The summed E-state index contributed by atoms with van der Waals surface area (Å²) in [5.41, 5.74) is 1.48. The summed E-state index contributed by atoms with van der Waals surface area (Å²) in [7, 11) is 2.07. The lowest BCUT2D eigenvalue weighted by Gasteiger charge is -2.31. The summed E-state index contributed by atoms with van der Waals surface area (Å²) in [6.45, 7) is 5.09. The van der Waals surface area contributed by atoms with Crippen molar-refractivity contribution in [3.05, 3.63) is 35.9 Å². The maximum Gasteiger partial charge on any atom is -0.00156 e. The molecule has 0 saturated carbocycles. The number of hydrogen-bond acceptors (Lipinski definition) is 2. The molecule has 0 bridgehead atoms. The van der Waals surface area contributed by atoms with Gasteiger partial charge >= 0.3 is 0 Å². The number of piperidine rings is 1. The van der Waals surface area contributed by atoms with Gasteiger partial charge in [-0.2, -0.15) is 0 Å². The molecule has 0 unspecified atom stereocenters. The molecule has 0 aromatic heterocycles. The Morgan fingerprint density at radius 1 is 1.11 bits per heavy atom. The van der Waals surface area contributed by atoms with Crippen LogP contribution in [0.2, 0.25) is 0 Å². The number of unbranched alkanes of at least 4 members (excludes halogenated alkanes) is 1. The van der Waals surface area contributed by atoms with E-state index in [2.05, 4.69) is 47.6 Å². The monoisotopic (exact) mass is 260 g/mol. The highest BCUT2D eigenvalue weighted by atomic mass is 15.1. The summed E-state index contributed by atoms with van der Waals surface area (Å²) in [4.78, 5) is 2.65. The number of rotatable bonds is 7. The van der Waals surface area contributed by atoms with Crippen LogP contribution in [0.5, 0.6) is 0 Å². The van der Waals surface area contributed by atoms with E-state index in [0.717, 1.165) is 5.92 Å². The van der Waals surface area contributed by atoms with E-state index in [1.54, 1.807) is 0 Å². The zero-order valence-corrected chi connectivity index (χ0v) is 12.3. The van der Waals surface area contributed by atoms with Crippen LogP contribution in [0.1, 0.15) is 31.2 Å². The zero-order valence-electron chi connectivity index (χ0n) is 12.3. The standard InChI is InChI=1S/C17H28N2/c1-18-15-17-10-13-19(14-11-17)12-6-5-9-16-7-3-2-4-8-16/h2-4,7-8,17-18H,5-6,9-15H2,1H3. The minimum Gasteiger partial charge on any atom is -0.319 e. The third-order valence-electron chi connectivity index (χ3n) is 4.23. The van der Waals surface area contributed by atoms with Gasteiger partial charge in [0.25, 0.3) is 0 Å². The molecule has 2 rings (SSSR count). The van der Waals surface area contributed by atoms with Gasteiger partial charge in [0.1, 0.15) is 0 Å². The predicted octanol–water partition coefficient (Wildman–Crippen LogP) is 2.94. The molecule has 1 heterocycles. The summed E-state index contributed by atoms with van der Waals surface area (Å²) in [6.07, 6.45) is 6.64. The molecule has 1 aromatic carbocycles. The lowest BCUT2D eigenvalue weighted by atomic mass is 9.96. The normalized spacial score (nSPS) is 17.7. The van der Waals surface area contributed by atoms with Crippen LogP contribution in [0.25, 0.3) is 0 Å². The van der Waals surface area contributed by atoms with E-state index in [9.17, 15) is 0 Å². The smallest absolute Gasteiger partial charge is 0.00156 e. The van der Waals surface area contributed by atoms with Crippen LogP contribution in [-0.4, -0.2) is 38.1 Å². The van der Waals surface area contributed by atoms with Crippen LogP contribution in [0.4, 0.5) is 0 Å². The van der Waals surface area contributed by atoms with Gasteiger partial charge in [-0.15, -0.1) is 0 Å². The third kappa shape index (κ3) is 5.33. The fourth-order valence-electron chi connectivity index (χ4n) is 3.01. The molecule has 1 N–H and O–H groups in total. The minimum atomic E-state index is 0.908. The highest BCUT2D eigenvalue weighted by molar-refractivity contribution is 5.14. The molecule has 2 nitrogen and oxygen atoms in total. The quantitative estimate of drug-likeness (QED) is 0.758. The Hall–Kier alpha value is -0.860. The minimum absolute atomic E-state index is 0.908. The summed E-state index contributed by atoms with van der Waals surface area (Å²) in [5.74, 6) is 0.908. The Morgan fingerprint density at radius 3 is 2.53 bits per heavy atom. The van der Waals surface area contributed by atoms with Crippen molar-refractivity contribution in [2.45, 2.75) is 32.1 Å². The first-order valence-corrected chi connectivity index (χ1v) is 7.79. The van der Waals surface area contributed by atoms with Gasteiger partial charge in [-0.3, -0.25) is 0 Å². The lowest BCUT2D eigenvalue weighted by Crippen LogP contribution is -2.37. The van der Waals surface area contributed by atoms with Crippen LogP contribution in [0.15, 0.2) is 30.3 Å². The molecular formula is C17H28N2. The molecule has 0 aliphatic carbocycles. The van der Waals surface area contributed by atoms with Gasteiger partial charge in [0, 0.05) is 0 Å². The summed E-state index contributed by atoms with van der Waals surface area (Å²) >= 11 is 0. The molecule has 0 spiro atoms. The van der Waals surface area contributed by atoms with Gasteiger partial charge in [-0.25, -0.2) is 0 Å². The van der Waals surface area contributed by atoms with Crippen molar-refractivity contribution in [2.24, 2.45) is 5.92 Å². The fraction of sp³-hybridized carbons (Fsp3) is 0.647. The van der Waals surface area contributed by atoms with Crippen molar-refractivity contribution in [2.75, 3.05) is 33.2 Å². The van der Waals surface area contributed by atoms with Crippen molar-refractivity contribution >= 4 is 0 Å². The van der Waals surface area contributed by atoms with E-state index < -0.39 is 0 Å². The van der Waals surface area contributed by atoms with Crippen molar-refractivity contribution in [3.63, 3.8) is 0 Å². The number of benzene rings is 1. The summed E-state index contributed by atoms with van der Waals surface area (Å²) in [5, 5.41) is 3.30. The lowest BCUT2D eigenvalue weighted by molar-refractivity contribution is 0.181. The maximum absolute atomic E-state index is 3.30. The van der Waals surface area contributed by atoms with Gasteiger partial charge in [0.2, 0.25) is 0 Å². The maximum atomic E-state index is 3.30. The van der Waals surface area contributed by atoms with E-state index in [1.807, 2.05) is 0 Å². The van der Waals surface area contributed by atoms with Crippen LogP contribution in [0, 0.1) is 5.92 Å². The second-order valence-corrected chi connectivity index (χ2v) is 5.79. The molecule has 1 aliphatic heterocycles. The number of hydrogen-bond donors (Lipinski definition) is 1. The van der Waals surface area contributed by atoms with E-state index in [0.29, 0.717) is 0 Å². The molecule has 0 amide bonds. The summed E-state index contributed by atoms with van der Waals surface area (Å²) in [6, 6.07) is 10.9. The molecular weight excluding hydrogens is 232 g/mol. The average Bonchev–Trinajstić information content (AvgIpc) is 2.47. The number of likely N-dealkylation sites (tertiary alicyclic amines) is 1. The Kier molecular flexibility index (Phi) is 6.38. The molecule has 0 atom stereocenters. The molecule has 1 saturated heterocycles. The van der Waals surface area contributed by atoms with Gasteiger partial charge in [-0.05, 0) is 76.8 Å².